The highest BCUT2D eigenvalue weighted by Gasteiger charge is 2.42. The minimum atomic E-state index is -4.45. The molecule has 1 fully saturated rings. The van der Waals surface area contributed by atoms with Gasteiger partial charge in [0.15, 0.2) is 11.5 Å². The number of fused-ring (bicyclic) bond motifs is 1. The predicted octanol–water partition coefficient (Wildman–Crippen LogP) is 3.59. The van der Waals surface area contributed by atoms with Crippen LogP contribution in [0.4, 0.5) is 13.2 Å². The van der Waals surface area contributed by atoms with Gasteiger partial charge in [-0.1, -0.05) is 12.8 Å². The van der Waals surface area contributed by atoms with Gasteiger partial charge in [-0.25, -0.2) is 0 Å². The SMILES string of the molecule is NC1(c2cc3c(cc2C(F)(F)F)OCCCO3)CCCC1. The van der Waals surface area contributed by atoms with Crippen molar-refractivity contribution < 1.29 is 22.6 Å². The van der Waals surface area contributed by atoms with Crippen molar-refractivity contribution >= 4 is 0 Å². The van der Waals surface area contributed by atoms with E-state index in [1.165, 1.54) is 6.07 Å². The fourth-order valence-electron chi connectivity index (χ4n) is 3.13. The lowest BCUT2D eigenvalue weighted by molar-refractivity contribution is -0.139. The average Bonchev–Trinajstić information content (AvgIpc) is 2.73. The van der Waals surface area contributed by atoms with Crippen LogP contribution in [0, 0.1) is 0 Å². The number of hydrogen-bond donors (Lipinski definition) is 1. The Bertz CT molecular complexity index is 536. The molecule has 0 amide bonds. The summed E-state index contributed by atoms with van der Waals surface area (Å²) >= 11 is 0. The average molecular weight is 301 g/mol. The minimum Gasteiger partial charge on any atom is -0.490 e. The highest BCUT2D eigenvalue weighted by atomic mass is 19.4. The topological polar surface area (TPSA) is 44.5 Å². The van der Waals surface area contributed by atoms with Gasteiger partial charge in [-0.3, -0.25) is 0 Å². The second kappa shape index (κ2) is 5.09. The first-order valence-electron chi connectivity index (χ1n) is 7.20. The monoisotopic (exact) mass is 301 g/mol. The lowest BCUT2D eigenvalue weighted by Gasteiger charge is -2.29. The van der Waals surface area contributed by atoms with E-state index in [1.807, 2.05) is 0 Å². The summed E-state index contributed by atoms with van der Waals surface area (Å²) in [5.41, 5.74) is 4.77. The number of alkyl halides is 3. The Morgan fingerprint density at radius 2 is 1.52 bits per heavy atom. The molecule has 1 heterocycles. The van der Waals surface area contributed by atoms with Crippen molar-refractivity contribution in [2.45, 2.75) is 43.8 Å². The molecule has 0 unspecified atom stereocenters. The van der Waals surface area contributed by atoms with Gasteiger partial charge in [0, 0.05) is 12.0 Å². The molecule has 2 aliphatic rings. The van der Waals surface area contributed by atoms with E-state index in [9.17, 15) is 13.2 Å². The van der Waals surface area contributed by atoms with E-state index in [1.54, 1.807) is 0 Å². The number of nitrogens with two attached hydrogens (primary N) is 1. The molecular formula is C15H18F3NO2. The van der Waals surface area contributed by atoms with E-state index in [0.717, 1.165) is 18.9 Å². The van der Waals surface area contributed by atoms with Crippen molar-refractivity contribution in [2.75, 3.05) is 13.2 Å². The van der Waals surface area contributed by atoms with Crippen molar-refractivity contribution in [3.05, 3.63) is 23.3 Å². The van der Waals surface area contributed by atoms with Crippen LogP contribution in [0.25, 0.3) is 0 Å². The Balaban J connectivity index is 2.14. The molecular weight excluding hydrogens is 283 g/mol. The maximum Gasteiger partial charge on any atom is 0.416 e. The molecule has 1 aliphatic carbocycles. The summed E-state index contributed by atoms with van der Waals surface area (Å²) in [7, 11) is 0. The summed E-state index contributed by atoms with van der Waals surface area (Å²) in [6, 6.07) is 2.48. The maximum atomic E-state index is 13.4. The van der Waals surface area contributed by atoms with Gasteiger partial charge >= 0.3 is 6.18 Å². The molecule has 0 saturated heterocycles. The molecule has 0 radical (unpaired) electrons. The van der Waals surface area contributed by atoms with Crippen molar-refractivity contribution in [2.24, 2.45) is 5.73 Å². The molecule has 0 bridgehead atoms. The maximum absolute atomic E-state index is 13.4. The van der Waals surface area contributed by atoms with Crippen LogP contribution >= 0.6 is 0 Å². The molecule has 116 valence electrons. The third kappa shape index (κ3) is 2.69. The van der Waals surface area contributed by atoms with Crippen LogP contribution in [-0.4, -0.2) is 13.2 Å². The summed E-state index contributed by atoms with van der Waals surface area (Å²) in [6.45, 7) is 0.798. The minimum absolute atomic E-state index is 0.136. The number of benzene rings is 1. The molecule has 1 aromatic carbocycles. The van der Waals surface area contributed by atoms with E-state index in [2.05, 4.69) is 0 Å². The lowest BCUT2D eigenvalue weighted by atomic mass is 9.85. The summed E-state index contributed by atoms with van der Waals surface area (Å²) in [4.78, 5) is 0. The molecule has 0 atom stereocenters. The van der Waals surface area contributed by atoms with E-state index in [-0.39, 0.29) is 11.3 Å². The van der Waals surface area contributed by atoms with Gasteiger partial charge < -0.3 is 15.2 Å². The fourth-order valence-corrected chi connectivity index (χ4v) is 3.13. The van der Waals surface area contributed by atoms with Crippen LogP contribution in [-0.2, 0) is 11.7 Å². The third-order valence-electron chi connectivity index (χ3n) is 4.23. The normalized spacial score (nSPS) is 21.1. The first kappa shape index (κ1) is 14.5. The largest absolute Gasteiger partial charge is 0.490 e. The zero-order valence-electron chi connectivity index (χ0n) is 11.6. The lowest BCUT2D eigenvalue weighted by Crippen LogP contribution is -2.35. The van der Waals surface area contributed by atoms with Crippen LogP contribution < -0.4 is 15.2 Å². The van der Waals surface area contributed by atoms with Crippen molar-refractivity contribution in [1.82, 2.24) is 0 Å². The first-order valence-corrected chi connectivity index (χ1v) is 7.20. The van der Waals surface area contributed by atoms with Gasteiger partial charge in [0.25, 0.3) is 0 Å². The standard InChI is InChI=1S/C15H18F3NO2/c16-15(17,18)11-9-13-12(20-6-3-7-21-13)8-10(11)14(19)4-1-2-5-14/h8-9H,1-7,19H2. The molecule has 3 nitrogen and oxygen atoms in total. The van der Waals surface area contributed by atoms with Crippen molar-refractivity contribution in [1.29, 1.82) is 0 Å². The highest BCUT2D eigenvalue weighted by Crippen LogP contribution is 2.47. The van der Waals surface area contributed by atoms with Gasteiger partial charge in [-0.2, -0.15) is 13.2 Å². The van der Waals surface area contributed by atoms with Crippen LogP contribution in [0.1, 0.15) is 43.2 Å². The van der Waals surface area contributed by atoms with E-state index >= 15 is 0 Å². The molecule has 0 aromatic heterocycles. The molecule has 21 heavy (non-hydrogen) atoms. The molecule has 1 aliphatic heterocycles. The van der Waals surface area contributed by atoms with Crippen LogP contribution in [0.5, 0.6) is 11.5 Å². The Kier molecular flexibility index (Phi) is 3.51. The summed E-state index contributed by atoms with van der Waals surface area (Å²) in [6.07, 6.45) is -0.968. The van der Waals surface area contributed by atoms with Gasteiger partial charge in [-0.15, -0.1) is 0 Å². The van der Waals surface area contributed by atoms with E-state index < -0.39 is 17.3 Å². The predicted molar refractivity (Wildman–Crippen MR) is 71.4 cm³/mol. The molecule has 1 aromatic rings. The third-order valence-corrected chi connectivity index (χ3v) is 4.23. The van der Waals surface area contributed by atoms with Crippen molar-refractivity contribution in [3.8, 4) is 11.5 Å². The van der Waals surface area contributed by atoms with Crippen LogP contribution in [0.2, 0.25) is 0 Å². The Morgan fingerprint density at radius 1 is 0.952 bits per heavy atom. The number of ether oxygens (including phenoxy) is 2. The summed E-state index contributed by atoms with van der Waals surface area (Å²) in [5.74, 6) is 0.525. The number of hydrogen-bond acceptors (Lipinski definition) is 3. The molecule has 3 rings (SSSR count). The molecule has 6 heteroatoms. The van der Waals surface area contributed by atoms with Crippen molar-refractivity contribution in [3.63, 3.8) is 0 Å². The zero-order valence-corrected chi connectivity index (χ0v) is 11.6. The van der Waals surface area contributed by atoms with Gasteiger partial charge in [0.2, 0.25) is 0 Å². The first-order chi connectivity index (χ1) is 9.90. The Labute approximate surface area is 121 Å². The fraction of sp³-hybridized carbons (Fsp3) is 0.600. The van der Waals surface area contributed by atoms with Crippen LogP contribution in [0.15, 0.2) is 12.1 Å². The van der Waals surface area contributed by atoms with E-state index in [4.69, 9.17) is 15.2 Å². The van der Waals surface area contributed by atoms with E-state index in [0.29, 0.717) is 38.2 Å². The van der Waals surface area contributed by atoms with Gasteiger partial charge in [0.1, 0.15) is 0 Å². The molecule has 1 saturated carbocycles. The zero-order chi connectivity index (χ0) is 15.1. The Morgan fingerprint density at radius 3 is 2.10 bits per heavy atom. The molecule has 2 N–H and O–H groups in total. The quantitative estimate of drug-likeness (QED) is 0.862. The summed E-state index contributed by atoms with van der Waals surface area (Å²) < 4.78 is 51.1. The highest BCUT2D eigenvalue weighted by molar-refractivity contribution is 5.51. The molecule has 0 spiro atoms. The second-order valence-electron chi connectivity index (χ2n) is 5.76. The van der Waals surface area contributed by atoms with Crippen LogP contribution in [0.3, 0.4) is 0 Å². The van der Waals surface area contributed by atoms with Gasteiger partial charge in [0.05, 0.1) is 18.8 Å². The summed E-state index contributed by atoms with van der Waals surface area (Å²) in [5, 5.41) is 0. The van der Waals surface area contributed by atoms with Gasteiger partial charge in [-0.05, 0) is 30.5 Å². The number of halogens is 3. The smallest absolute Gasteiger partial charge is 0.416 e. The Hall–Kier alpha value is -1.43. The second-order valence-corrected chi connectivity index (χ2v) is 5.76. The number of rotatable bonds is 1.